The maximum atomic E-state index is 9.43. The van der Waals surface area contributed by atoms with E-state index in [1.165, 1.54) is 15.3 Å². The Labute approximate surface area is 107 Å². The van der Waals surface area contributed by atoms with Crippen LogP contribution in [-0.2, 0) is 0 Å². The fourth-order valence-corrected chi connectivity index (χ4v) is 3.11. The maximum Gasteiger partial charge on any atom is 0.0650 e. The monoisotopic (exact) mass is 257 g/mol. The second kappa shape index (κ2) is 5.96. The van der Waals surface area contributed by atoms with Crippen LogP contribution in [0.3, 0.4) is 0 Å². The van der Waals surface area contributed by atoms with E-state index >= 15 is 0 Å². The van der Waals surface area contributed by atoms with Gasteiger partial charge in [0.1, 0.15) is 0 Å². The zero-order valence-electron chi connectivity index (χ0n) is 11.1. The van der Waals surface area contributed by atoms with Crippen LogP contribution in [0.25, 0.3) is 0 Å². The Hall–Kier alpha value is -0.420. The molecule has 0 aliphatic heterocycles. The topological polar surface area (TPSA) is 52.5 Å². The molecule has 0 radical (unpaired) electrons. The van der Waals surface area contributed by atoms with Crippen LogP contribution in [0.15, 0.2) is 6.07 Å². The molecule has 0 aliphatic rings. The van der Waals surface area contributed by atoms with Gasteiger partial charge in [0.2, 0.25) is 0 Å². The minimum absolute atomic E-state index is 0.0491. The molecule has 1 atom stereocenters. The molecule has 0 aromatic carbocycles. The molecule has 0 spiro atoms. The van der Waals surface area contributed by atoms with Gasteiger partial charge in [-0.05, 0) is 38.8 Å². The summed E-state index contributed by atoms with van der Waals surface area (Å²) in [5.41, 5.74) is 0.675. The van der Waals surface area contributed by atoms with Gasteiger partial charge in [-0.25, -0.2) is 0 Å². The molecular formula is C13H23NO2S. The van der Waals surface area contributed by atoms with Crippen molar-refractivity contribution in [2.75, 3.05) is 13.2 Å². The number of rotatable bonds is 6. The third-order valence-corrected chi connectivity index (χ3v) is 4.33. The first-order chi connectivity index (χ1) is 7.98. The van der Waals surface area contributed by atoms with Crippen LogP contribution in [-0.4, -0.2) is 29.0 Å². The second-order valence-corrected chi connectivity index (χ2v) is 6.15. The van der Waals surface area contributed by atoms with Crippen molar-refractivity contribution in [3.8, 4) is 0 Å². The third-order valence-electron chi connectivity index (χ3n) is 3.35. The van der Waals surface area contributed by atoms with Gasteiger partial charge >= 0.3 is 0 Å². The van der Waals surface area contributed by atoms with Crippen LogP contribution < -0.4 is 5.32 Å². The summed E-state index contributed by atoms with van der Waals surface area (Å²) < 4.78 is 0. The second-order valence-electron chi connectivity index (χ2n) is 4.68. The summed E-state index contributed by atoms with van der Waals surface area (Å²) in [6, 6.07) is 2.31. The number of nitrogens with one attached hydrogen (secondary N) is 1. The summed E-state index contributed by atoms with van der Waals surface area (Å²) in [5, 5.41) is 22.2. The van der Waals surface area contributed by atoms with E-state index in [4.69, 9.17) is 0 Å². The number of hydrogen-bond acceptors (Lipinski definition) is 4. The Morgan fingerprint density at radius 2 is 1.94 bits per heavy atom. The summed E-state index contributed by atoms with van der Waals surface area (Å²) in [6.07, 6.45) is 0.701. The highest BCUT2D eigenvalue weighted by Crippen LogP contribution is 2.28. The smallest absolute Gasteiger partial charge is 0.0650 e. The van der Waals surface area contributed by atoms with Gasteiger partial charge in [0.25, 0.3) is 0 Å². The lowest BCUT2D eigenvalue weighted by atomic mass is 9.95. The highest BCUT2D eigenvalue weighted by atomic mass is 32.1. The molecule has 0 bridgehead atoms. The van der Waals surface area contributed by atoms with Crippen LogP contribution >= 0.6 is 11.3 Å². The molecule has 1 aromatic heterocycles. The van der Waals surface area contributed by atoms with Crippen LogP contribution in [0.5, 0.6) is 0 Å². The Morgan fingerprint density at radius 1 is 1.35 bits per heavy atom. The van der Waals surface area contributed by atoms with Crippen molar-refractivity contribution >= 4 is 11.3 Å². The molecule has 1 aromatic rings. The minimum Gasteiger partial charge on any atom is -0.394 e. The zero-order valence-corrected chi connectivity index (χ0v) is 11.9. The summed E-state index contributed by atoms with van der Waals surface area (Å²) >= 11 is 1.78. The molecule has 1 heterocycles. The largest absolute Gasteiger partial charge is 0.394 e. The van der Waals surface area contributed by atoms with E-state index < -0.39 is 5.54 Å². The summed E-state index contributed by atoms with van der Waals surface area (Å²) in [7, 11) is 0. The van der Waals surface area contributed by atoms with E-state index in [0.717, 1.165) is 0 Å². The average Bonchev–Trinajstić information content (AvgIpc) is 2.65. The van der Waals surface area contributed by atoms with Crippen LogP contribution in [0, 0.1) is 13.8 Å². The lowest BCUT2D eigenvalue weighted by Gasteiger charge is -2.33. The van der Waals surface area contributed by atoms with Crippen LogP contribution in [0.4, 0.5) is 0 Å². The molecule has 0 saturated carbocycles. The molecule has 1 unspecified atom stereocenters. The summed E-state index contributed by atoms with van der Waals surface area (Å²) in [6.45, 7) is 8.15. The standard InChI is InChI=1S/C13H23NO2S/c1-5-13(7-15,8-16)14-10(3)12-6-9(2)17-11(12)4/h6,10,14-16H,5,7-8H2,1-4H3. The van der Waals surface area contributed by atoms with Gasteiger partial charge in [-0.3, -0.25) is 0 Å². The molecule has 17 heavy (non-hydrogen) atoms. The Bertz CT molecular complexity index is 350. The SMILES string of the molecule is CCC(CO)(CO)NC(C)c1cc(C)sc1C. The van der Waals surface area contributed by atoms with Crippen LogP contribution in [0.1, 0.15) is 41.6 Å². The molecule has 3 nitrogen and oxygen atoms in total. The molecule has 0 fully saturated rings. The van der Waals surface area contributed by atoms with E-state index in [-0.39, 0.29) is 19.3 Å². The van der Waals surface area contributed by atoms with E-state index in [1.807, 2.05) is 6.92 Å². The predicted octanol–water partition coefficient (Wildman–Crippen LogP) is 2.15. The van der Waals surface area contributed by atoms with E-state index in [9.17, 15) is 10.2 Å². The van der Waals surface area contributed by atoms with Crippen molar-refractivity contribution < 1.29 is 10.2 Å². The molecule has 98 valence electrons. The van der Waals surface area contributed by atoms with Crippen molar-refractivity contribution in [1.82, 2.24) is 5.32 Å². The highest BCUT2D eigenvalue weighted by Gasteiger charge is 2.29. The molecule has 0 saturated heterocycles. The van der Waals surface area contributed by atoms with Crippen LogP contribution in [0.2, 0.25) is 0 Å². The highest BCUT2D eigenvalue weighted by molar-refractivity contribution is 7.12. The number of aliphatic hydroxyl groups is 2. The Balaban J connectivity index is 2.84. The first-order valence-corrected chi connectivity index (χ1v) is 6.86. The molecule has 0 amide bonds. The van der Waals surface area contributed by atoms with Gasteiger partial charge in [0.15, 0.2) is 0 Å². The van der Waals surface area contributed by atoms with Gasteiger partial charge in [-0.2, -0.15) is 0 Å². The predicted molar refractivity (Wildman–Crippen MR) is 72.5 cm³/mol. The quantitative estimate of drug-likeness (QED) is 0.732. The maximum absolute atomic E-state index is 9.43. The summed E-state index contributed by atoms with van der Waals surface area (Å²) in [4.78, 5) is 2.59. The Morgan fingerprint density at radius 3 is 2.29 bits per heavy atom. The minimum atomic E-state index is -0.582. The molecular weight excluding hydrogens is 234 g/mol. The normalized spacial score (nSPS) is 14.0. The van der Waals surface area contributed by atoms with Gasteiger partial charge in [0, 0.05) is 15.8 Å². The molecule has 3 N–H and O–H groups in total. The van der Waals surface area contributed by atoms with Crippen molar-refractivity contribution in [3.63, 3.8) is 0 Å². The van der Waals surface area contributed by atoms with Crippen molar-refractivity contribution in [2.24, 2.45) is 0 Å². The molecule has 4 heteroatoms. The fourth-order valence-electron chi connectivity index (χ4n) is 2.08. The van der Waals surface area contributed by atoms with E-state index in [0.29, 0.717) is 6.42 Å². The first-order valence-electron chi connectivity index (χ1n) is 6.04. The Kier molecular flexibility index (Phi) is 5.13. The van der Waals surface area contributed by atoms with Gasteiger partial charge < -0.3 is 15.5 Å². The fraction of sp³-hybridized carbons (Fsp3) is 0.692. The number of thiophene rings is 1. The van der Waals surface area contributed by atoms with Crippen molar-refractivity contribution in [1.29, 1.82) is 0 Å². The third kappa shape index (κ3) is 3.28. The number of aliphatic hydroxyl groups excluding tert-OH is 2. The lowest BCUT2D eigenvalue weighted by molar-refractivity contribution is 0.0793. The van der Waals surface area contributed by atoms with Crippen molar-refractivity contribution in [3.05, 3.63) is 21.4 Å². The lowest BCUT2D eigenvalue weighted by Crippen LogP contribution is -2.52. The number of aryl methyl sites for hydroxylation is 2. The van der Waals surface area contributed by atoms with Gasteiger partial charge in [0.05, 0.1) is 18.8 Å². The summed E-state index contributed by atoms with van der Waals surface area (Å²) in [5.74, 6) is 0. The first kappa shape index (κ1) is 14.6. The van der Waals surface area contributed by atoms with Crippen molar-refractivity contribution in [2.45, 2.75) is 45.7 Å². The van der Waals surface area contributed by atoms with Gasteiger partial charge in [-0.1, -0.05) is 6.92 Å². The zero-order chi connectivity index (χ0) is 13.1. The molecule has 0 aliphatic carbocycles. The average molecular weight is 257 g/mol. The van der Waals surface area contributed by atoms with Gasteiger partial charge in [-0.15, -0.1) is 11.3 Å². The van der Waals surface area contributed by atoms with E-state index in [2.05, 4.69) is 32.2 Å². The molecule has 1 rings (SSSR count). The number of hydrogen-bond donors (Lipinski definition) is 3. The van der Waals surface area contributed by atoms with E-state index in [1.54, 1.807) is 11.3 Å².